The van der Waals surface area contributed by atoms with Gasteiger partial charge in [-0.25, -0.2) is 0 Å². The molecule has 0 aromatic heterocycles. The van der Waals surface area contributed by atoms with Gasteiger partial charge in [-0.15, -0.1) is 0 Å². The average Bonchev–Trinajstić information content (AvgIpc) is 2.70. The summed E-state index contributed by atoms with van der Waals surface area (Å²) in [6.07, 6.45) is 16.0. The van der Waals surface area contributed by atoms with Crippen LogP contribution in [-0.4, -0.2) is 52.4 Å². The number of rotatable bonds is 19. The van der Waals surface area contributed by atoms with Crippen LogP contribution in [-0.2, 0) is 24.5 Å². The van der Waals surface area contributed by atoms with Gasteiger partial charge in [0.1, 0.15) is 5.25 Å². The third-order valence-electron chi connectivity index (χ3n) is 4.70. The van der Waals surface area contributed by atoms with E-state index < -0.39 is 39.7 Å². The Hall–Kier alpha value is 0.0200. The Morgan fingerprint density at radius 3 is 1.89 bits per heavy atom. The number of hydrogen-bond acceptors (Lipinski definition) is 8. The molecule has 3 N–H and O–H groups in total. The number of allylic oxidation sites excluding steroid dienone is 1. The van der Waals surface area contributed by atoms with Crippen LogP contribution in [0.3, 0.4) is 0 Å². The number of aliphatic hydroxyl groups is 1. The summed E-state index contributed by atoms with van der Waals surface area (Å²) >= 11 is 0. The van der Waals surface area contributed by atoms with Crippen molar-refractivity contribution in [3.8, 4) is 0 Å². The van der Waals surface area contributed by atoms with Gasteiger partial charge in [0.2, 0.25) is 0 Å². The van der Waals surface area contributed by atoms with E-state index in [0.29, 0.717) is 6.42 Å². The molecule has 0 radical (unpaired) electrons. The number of carbonyl (C=O) groups is 3. The smallest absolute Gasteiger partial charge is 0.550 e. The fraction of sp³-hybridized carbons (Fsp3) is 0.773. The summed E-state index contributed by atoms with van der Waals surface area (Å²) in [4.78, 5) is 30.1. The molecule has 0 aromatic rings. The minimum Gasteiger partial charge on any atom is -0.550 e. The summed E-state index contributed by atoms with van der Waals surface area (Å²) in [6.45, 7) is 2.20. The molecule has 0 aliphatic carbocycles. The maximum atomic E-state index is 10.3. The molecule has 2 atom stereocenters. The van der Waals surface area contributed by atoms with E-state index in [1.165, 1.54) is 25.7 Å². The van der Waals surface area contributed by atoms with Gasteiger partial charge in [0, 0.05) is 18.8 Å². The molecule has 0 aliphatic rings. The van der Waals surface area contributed by atoms with Crippen LogP contribution in [0.15, 0.2) is 12.2 Å². The fourth-order valence-electron chi connectivity index (χ4n) is 2.83. The van der Waals surface area contributed by atoms with Crippen molar-refractivity contribution < 1.29 is 107 Å². The summed E-state index contributed by atoms with van der Waals surface area (Å²) in [7, 11) is -4.94. The van der Waals surface area contributed by atoms with Crippen LogP contribution in [0.25, 0.3) is 0 Å². The molecular formula is C22H38Na2O10S. The minimum absolute atomic E-state index is 0. The van der Waals surface area contributed by atoms with Crippen LogP contribution < -0.4 is 69.3 Å². The van der Waals surface area contributed by atoms with Gasteiger partial charge >= 0.3 is 65.1 Å². The second kappa shape index (κ2) is 27.1. The molecule has 0 bridgehead atoms. The first-order valence-electron chi connectivity index (χ1n) is 11.3. The molecule has 10 nitrogen and oxygen atoms in total. The van der Waals surface area contributed by atoms with Crippen molar-refractivity contribution >= 4 is 28.0 Å². The molecule has 0 saturated carbocycles. The zero-order valence-corrected chi connectivity index (χ0v) is 26.1. The molecule has 13 heteroatoms. The van der Waals surface area contributed by atoms with Gasteiger partial charge < -0.3 is 30.0 Å². The van der Waals surface area contributed by atoms with Crippen molar-refractivity contribution in [2.24, 2.45) is 0 Å². The van der Waals surface area contributed by atoms with Crippen molar-refractivity contribution in [3.05, 3.63) is 12.2 Å². The van der Waals surface area contributed by atoms with Gasteiger partial charge in [0.05, 0.1) is 12.1 Å². The zero-order valence-electron chi connectivity index (χ0n) is 21.3. The largest absolute Gasteiger partial charge is 1.00 e. The van der Waals surface area contributed by atoms with Gasteiger partial charge in [-0.05, 0) is 32.1 Å². The number of unbranched alkanes of at least 4 members (excludes halogenated alkanes) is 8. The molecule has 0 saturated heterocycles. The molecule has 0 amide bonds. The number of carbonyl (C=O) groups excluding carboxylic acids is 2. The second-order valence-electron chi connectivity index (χ2n) is 7.81. The summed E-state index contributed by atoms with van der Waals surface area (Å²) in [5, 5.41) is 35.6. The molecule has 35 heavy (non-hydrogen) atoms. The van der Waals surface area contributed by atoms with E-state index in [9.17, 15) is 38.1 Å². The SMILES string of the molecule is CCCCCC[C@@H](O)C/C=C\CCCCCCCC(=O)O.O=C([O-])CC(C(=O)[O-])S(=O)(=O)O.[Na+].[Na+]. The molecule has 0 rings (SSSR count). The molecular weight excluding hydrogens is 502 g/mol. The van der Waals surface area contributed by atoms with Gasteiger partial charge in [-0.1, -0.05) is 64.0 Å². The monoisotopic (exact) mass is 540 g/mol. The Kier molecular flexibility index (Phi) is 32.6. The quantitative estimate of drug-likeness (QED) is 0.0620. The summed E-state index contributed by atoms with van der Waals surface area (Å²) < 4.78 is 28.5. The number of aliphatic hydroxyl groups excluding tert-OH is 1. The molecule has 0 aromatic carbocycles. The number of aliphatic carboxylic acids is 3. The maximum absolute atomic E-state index is 10.3. The Morgan fingerprint density at radius 1 is 0.886 bits per heavy atom. The number of carboxylic acid groups (broad SMARTS) is 3. The van der Waals surface area contributed by atoms with E-state index in [-0.39, 0.29) is 65.2 Å². The van der Waals surface area contributed by atoms with Crippen molar-refractivity contribution in [2.75, 3.05) is 0 Å². The first-order valence-corrected chi connectivity index (χ1v) is 12.8. The van der Waals surface area contributed by atoms with Crippen LogP contribution in [0.2, 0.25) is 0 Å². The van der Waals surface area contributed by atoms with E-state index in [2.05, 4.69) is 19.1 Å². The Morgan fingerprint density at radius 2 is 1.43 bits per heavy atom. The molecule has 0 aliphatic heterocycles. The Balaban J connectivity index is -0.000000296. The van der Waals surface area contributed by atoms with E-state index in [1.807, 2.05) is 0 Å². The zero-order chi connectivity index (χ0) is 25.7. The summed E-state index contributed by atoms with van der Waals surface area (Å²) in [5.41, 5.74) is 0. The maximum Gasteiger partial charge on any atom is 1.00 e. The molecule has 0 heterocycles. The fourth-order valence-corrected chi connectivity index (χ4v) is 3.42. The Labute approximate surface area is 253 Å². The first-order chi connectivity index (χ1) is 15.4. The van der Waals surface area contributed by atoms with Crippen molar-refractivity contribution in [3.63, 3.8) is 0 Å². The number of hydrogen-bond donors (Lipinski definition) is 3. The molecule has 0 fully saturated rings. The Bertz CT molecular complexity index is 684. The van der Waals surface area contributed by atoms with Crippen molar-refractivity contribution in [1.82, 2.24) is 0 Å². The first kappa shape index (κ1) is 42.1. The van der Waals surface area contributed by atoms with Gasteiger partial charge in [0.25, 0.3) is 10.1 Å². The summed E-state index contributed by atoms with van der Waals surface area (Å²) in [5.74, 6) is -4.77. The number of carboxylic acids is 3. The topological polar surface area (TPSA) is 192 Å². The normalized spacial score (nSPS) is 12.4. The molecule has 194 valence electrons. The van der Waals surface area contributed by atoms with E-state index >= 15 is 0 Å². The van der Waals surface area contributed by atoms with Gasteiger partial charge in [-0.2, -0.15) is 8.42 Å². The van der Waals surface area contributed by atoms with Gasteiger partial charge in [-0.3, -0.25) is 9.35 Å². The van der Waals surface area contributed by atoms with Crippen molar-refractivity contribution in [2.45, 2.75) is 108 Å². The van der Waals surface area contributed by atoms with Crippen LogP contribution in [0.1, 0.15) is 96.8 Å². The molecule has 1 unspecified atom stereocenters. The van der Waals surface area contributed by atoms with Crippen LogP contribution in [0.4, 0.5) is 0 Å². The summed E-state index contributed by atoms with van der Waals surface area (Å²) in [6, 6.07) is 0. The third-order valence-corrected chi connectivity index (χ3v) is 5.78. The van der Waals surface area contributed by atoms with Crippen molar-refractivity contribution in [1.29, 1.82) is 0 Å². The van der Waals surface area contributed by atoms with Crippen LogP contribution >= 0.6 is 0 Å². The van der Waals surface area contributed by atoms with E-state index in [4.69, 9.17) is 9.66 Å². The standard InChI is InChI=1S/C18H34O3.C4H6O7S.2Na/c1-2-3-4-11-14-17(19)15-12-9-7-5-6-8-10-13-16-18(20)21;5-3(6)1-2(4(7)8)12(9,10)11;;/h9,12,17,19H,2-8,10-11,13-16H2,1H3,(H,20,21);2H,1H2,(H,5,6)(H,7,8)(H,9,10,11);;/q;;2*+1/p-2/b12-9-;;;/t17-;;;/m1.../s1. The second-order valence-corrected chi connectivity index (χ2v) is 9.41. The van der Waals surface area contributed by atoms with E-state index in [1.54, 1.807) is 0 Å². The third kappa shape index (κ3) is 32.0. The predicted molar refractivity (Wildman–Crippen MR) is 118 cm³/mol. The molecule has 0 spiro atoms. The van der Waals surface area contributed by atoms with Crippen LogP contribution in [0, 0.1) is 0 Å². The minimum atomic E-state index is -4.94. The van der Waals surface area contributed by atoms with Gasteiger partial charge in [0.15, 0.2) is 0 Å². The predicted octanol–water partition coefficient (Wildman–Crippen LogP) is -4.78. The average molecular weight is 541 g/mol. The van der Waals surface area contributed by atoms with E-state index in [0.717, 1.165) is 51.4 Å². The van der Waals surface area contributed by atoms with Crippen LogP contribution in [0.5, 0.6) is 0 Å².